The van der Waals surface area contributed by atoms with Gasteiger partial charge in [0.05, 0.1) is 37.6 Å². The highest BCUT2D eigenvalue weighted by atomic mass is 32.1. The van der Waals surface area contributed by atoms with E-state index in [4.69, 9.17) is 9.47 Å². The van der Waals surface area contributed by atoms with Crippen molar-refractivity contribution in [2.45, 2.75) is 25.7 Å². The van der Waals surface area contributed by atoms with Crippen LogP contribution < -0.4 is 14.8 Å². The van der Waals surface area contributed by atoms with Gasteiger partial charge in [-0.25, -0.2) is 4.98 Å². The number of pyridine rings is 1. The van der Waals surface area contributed by atoms with Gasteiger partial charge in [0.1, 0.15) is 5.01 Å². The lowest BCUT2D eigenvalue weighted by molar-refractivity contribution is -0.115. The fourth-order valence-corrected chi connectivity index (χ4v) is 4.61. The number of nitrogens with one attached hydrogen (secondary N) is 1. The van der Waals surface area contributed by atoms with Crippen LogP contribution in [-0.2, 0) is 11.2 Å². The van der Waals surface area contributed by atoms with Crippen LogP contribution >= 0.6 is 11.3 Å². The third kappa shape index (κ3) is 5.31. The molecule has 2 aromatic heterocycles. The van der Waals surface area contributed by atoms with Gasteiger partial charge in [-0.2, -0.15) is 0 Å². The number of hydrogen-bond acceptors (Lipinski definition) is 7. The smallest absolute Gasteiger partial charge is 0.256 e. The van der Waals surface area contributed by atoms with Gasteiger partial charge in [0, 0.05) is 42.5 Å². The summed E-state index contributed by atoms with van der Waals surface area (Å²) in [4.78, 5) is 36.6. The first-order valence-corrected chi connectivity index (χ1v) is 11.7. The first-order valence-electron chi connectivity index (χ1n) is 10.8. The third-order valence-corrected chi connectivity index (χ3v) is 6.41. The van der Waals surface area contributed by atoms with E-state index in [-0.39, 0.29) is 18.2 Å². The number of carbonyl (C=O) groups excluding carboxylic acids is 2. The number of methoxy groups -OCH3 is 2. The highest BCUT2D eigenvalue weighted by Gasteiger charge is 2.24. The summed E-state index contributed by atoms with van der Waals surface area (Å²) in [6, 6.07) is 7.05. The number of nitrogens with zero attached hydrogens (tertiary/aromatic N) is 3. The number of ether oxygens (including phenoxy) is 2. The molecule has 1 aliphatic heterocycles. The SMILES string of the molecule is COc1cc(NC(=O)Cc2csc(-c3cccnc3)n2)c(C(=O)N2CCCCC2)cc1OC. The molecule has 9 heteroatoms. The summed E-state index contributed by atoms with van der Waals surface area (Å²) < 4.78 is 10.8. The van der Waals surface area contributed by atoms with Gasteiger partial charge in [0.2, 0.25) is 5.91 Å². The van der Waals surface area contributed by atoms with E-state index in [2.05, 4.69) is 15.3 Å². The Morgan fingerprint density at radius 1 is 1.12 bits per heavy atom. The number of carbonyl (C=O) groups is 2. The molecule has 0 atom stereocenters. The van der Waals surface area contributed by atoms with Crippen molar-refractivity contribution >= 4 is 28.8 Å². The first-order chi connectivity index (χ1) is 16.1. The zero-order valence-electron chi connectivity index (χ0n) is 18.7. The topological polar surface area (TPSA) is 93.7 Å². The molecular weight excluding hydrogens is 440 g/mol. The molecule has 1 aromatic carbocycles. The van der Waals surface area contributed by atoms with Crippen LogP contribution in [0.5, 0.6) is 11.5 Å². The summed E-state index contributed by atoms with van der Waals surface area (Å²) in [5.41, 5.74) is 2.34. The summed E-state index contributed by atoms with van der Waals surface area (Å²) in [5.74, 6) is 0.489. The van der Waals surface area contributed by atoms with E-state index in [1.807, 2.05) is 22.4 Å². The lowest BCUT2D eigenvalue weighted by atomic mass is 10.1. The predicted octanol–water partition coefficient (Wildman–Crippen LogP) is 4.03. The van der Waals surface area contributed by atoms with Crippen LogP contribution in [0.3, 0.4) is 0 Å². The number of benzene rings is 1. The Morgan fingerprint density at radius 3 is 2.58 bits per heavy atom. The molecule has 8 nitrogen and oxygen atoms in total. The number of aromatic nitrogens is 2. The third-order valence-electron chi connectivity index (χ3n) is 5.47. The lowest BCUT2D eigenvalue weighted by Crippen LogP contribution is -2.36. The van der Waals surface area contributed by atoms with Crippen LogP contribution in [0.25, 0.3) is 10.6 Å². The van der Waals surface area contributed by atoms with Crippen LogP contribution in [0.4, 0.5) is 5.69 Å². The van der Waals surface area contributed by atoms with E-state index in [0.717, 1.165) is 29.8 Å². The van der Waals surface area contributed by atoms with Crippen molar-refractivity contribution < 1.29 is 19.1 Å². The summed E-state index contributed by atoms with van der Waals surface area (Å²) >= 11 is 1.46. The number of anilines is 1. The summed E-state index contributed by atoms with van der Waals surface area (Å²) in [6.45, 7) is 1.41. The van der Waals surface area contributed by atoms with Gasteiger partial charge < -0.3 is 19.7 Å². The molecule has 0 bridgehead atoms. The van der Waals surface area contributed by atoms with Crippen molar-refractivity contribution in [1.82, 2.24) is 14.9 Å². The van der Waals surface area contributed by atoms with Crippen molar-refractivity contribution in [2.24, 2.45) is 0 Å². The molecule has 3 aromatic rings. The van der Waals surface area contributed by atoms with Gasteiger partial charge in [-0.3, -0.25) is 14.6 Å². The number of thiazole rings is 1. The molecule has 2 amide bonds. The highest BCUT2D eigenvalue weighted by Crippen LogP contribution is 2.34. The number of hydrogen-bond donors (Lipinski definition) is 1. The Morgan fingerprint density at radius 2 is 1.88 bits per heavy atom. The molecule has 3 heterocycles. The molecule has 33 heavy (non-hydrogen) atoms. The average Bonchev–Trinajstić information content (AvgIpc) is 3.32. The molecular formula is C24H26N4O4S. The van der Waals surface area contributed by atoms with E-state index >= 15 is 0 Å². The standard InChI is InChI=1S/C24H26N4O4S/c1-31-20-12-18(24(30)28-9-4-3-5-10-28)19(13-21(20)32-2)27-22(29)11-17-15-33-23(26-17)16-7-6-8-25-14-16/h6-8,12-15H,3-5,9-11H2,1-2H3,(H,27,29). The molecule has 0 spiro atoms. The quantitative estimate of drug-likeness (QED) is 0.565. The van der Waals surface area contributed by atoms with E-state index in [1.54, 1.807) is 24.5 Å². The van der Waals surface area contributed by atoms with Crippen LogP contribution in [-0.4, -0.2) is 54.0 Å². The molecule has 0 radical (unpaired) electrons. The summed E-state index contributed by atoms with van der Waals surface area (Å²) in [7, 11) is 3.04. The van der Waals surface area contributed by atoms with Gasteiger partial charge in [-0.05, 0) is 37.5 Å². The van der Waals surface area contributed by atoms with Crippen LogP contribution in [0.15, 0.2) is 42.0 Å². The molecule has 1 saturated heterocycles. The highest BCUT2D eigenvalue weighted by molar-refractivity contribution is 7.13. The van der Waals surface area contributed by atoms with Gasteiger partial charge in [0.25, 0.3) is 5.91 Å². The maximum Gasteiger partial charge on any atom is 0.256 e. The minimum atomic E-state index is -0.266. The van der Waals surface area contributed by atoms with E-state index < -0.39 is 0 Å². The molecule has 4 rings (SSSR count). The van der Waals surface area contributed by atoms with Crippen molar-refractivity contribution in [3.8, 4) is 22.1 Å². The second kappa shape index (κ2) is 10.4. The number of likely N-dealkylation sites (tertiary alicyclic amines) is 1. The van der Waals surface area contributed by atoms with E-state index in [9.17, 15) is 9.59 Å². The molecule has 1 aliphatic rings. The maximum absolute atomic E-state index is 13.3. The fourth-order valence-electron chi connectivity index (χ4n) is 3.80. The molecule has 1 fully saturated rings. The lowest BCUT2D eigenvalue weighted by Gasteiger charge is -2.28. The van der Waals surface area contributed by atoms with Crippen LogP contribution in [0.2, 0.25) is 0 Å². The second-order valence-corrected chi connectivity index (χ2v) is 8.57. The van der Waals surface area contributed by atoms with Crippen molar-refractivity contribution in [1.29, 1.82) is 0 Å². The van der Waals surface area contributed by atoms with E-state index in [1.165, 1.54) is 25.6 Å². The Bertz CT molecular complexity index is 1130. The normalized spacial score (nSPS) is 13.5. The van der Waals surface area contributed by atoms with Crippen molar-refractivity contribution in [2.75, 3.05) is 32.6 Å². The molecule has 0 aliphatic carbocycles. The van der Waals surface area contributed by atoms with E-state index in [0.29, 0.717) is 41.5 Å². The zero-order valence-corrected chi connectivity index (χ0v) is 19.5. The van der Waals surface area contributed by atoms with Crippen LogP contribution in [0.1, 0.15) is 35.3 Å². The Kier molecular flexibility index (Phi) is 7.19. The average molecular weight is 467 g/mol. The largest absolute Gasteiger partial charge is 0.493 e. The van der Waals surface area contributed by atoms with Gasteiger partial charge >= 0.3 is 0 Å². The minimum Gasteiger partial charge on any atom is -0.493 e. The molecule has 1 N–H and O–H groups in total. The molecule has 0 saturated carbocycles. The summed E-state index contributed by atoms with van der Waals surface area (Å²) in [5, 5.41) is 5.55. The predicted molar refractivity (Wildman–Crippen MR) is 127 cm³/mol. The maximum atomic E-state index is 13.3. The Hall–Kier alpha value is -3.46. The van der Waals surface area contributed by atoms with Gasteiger partial charge in [-0.1, -0.05) is 0 Å². The second-order valence-electron chi connectivity index (χ2n) is 7.72. The van der Waals surface area contributed by atoms with Crippen molar-refractivity contribution in [3.63, 3.8) is 0 Å². The Balaban J connectivity index is 1.55. The van der Waals surface area contributed by atoms with Crippen LogP contribution in [0, 0.1) is 0 Å². The fraction of sp³-hybridized carbons (Fsp3) is 0.333. The molecule has 172 valence electrons. The van der Waals surface area contributed by atoms with Gasteiger partial charge in [-0.15, -0.1) is 11.3 Å². The monoisotopic (exact) mass is 466 g/mol. The Labute approximate surface area is 196 Å². The molecule has 0 unspecified atom stereocenters. The number of piperidine rings is 1. The minimum absolute atomic E-state index is 0.0858. The zero-order chi connectivity index (χ0) is 23.2. The number of amides is 2. The van der Waals surface area contributed by atoms with Gasteiger partial charge in [0.15, 0.2) is 11.5 Å². The van der Waals surface area contributed by atoms with Crippen molar-refractivity contribution in [3.05, 3.63) is 53.3 Å². The first kappa shape index (κ1) is 22.7. The summed E-state index contributed by atoms with van der Waals surface area (Å²) in [6.07, 6.45) is 6.60. The number of rotatable bonds is 7.